The number of hydrogen-bond acceptors (Lipinski definition) is 4. The summed E-state index contributed by atoms with van der Waals surface area (Å²) < 4.78 is 0. The van der Waals surface area contributed by atoms with Crippen LogP contribution in [0.3, 0.4) is 0 Å². The van der Waals surface area contributed by atoms with Gasteiger partial charge in [-0.15, -0.1) is 11.3 Å². The van der Waals surface area contributed by atoms with Gasteiger partial charge in [-0.25, -0.2) is 4.98 Å². The molecule has 2 aliphatic rings. The molecule has 2 heterocycles. The number of hydrogen-bond donors (Lipinski definition) is 0. The monoisotopic (exact) mass is 318 g/mol. The Morgan fingerprint density at radius 2 is 2.14 bits per heavy atom. The molecule has 4 rings (SSSR count). The Bertz CT molecular complexity index is 641. The molecule has 0 saturated heterocycles. The molecule has 2 saturated carbocycles. The average Bonchev–Trinajstić information content (AvgIpc) is 3.39. The average molecular weight is 318 g/mol. The van der Waals surface area contributed by atoms with Crippen molar-refractivity contribution in [2.75, 3.05) is 0 Å². The third kappa shape index (κ3) is 2.64. The molecular formula is C16H18N2OS2. The molecule has 2 aromatic heterocycles. The second-order valence-electron chi connectivity index (χ2n) is 6.07. The van der Waals surface area contributed by atoms with E-state index >= 15 is 0 Å². The lowest BCUT2D eigenvalue weighted by Gasteiger charge is -2.28. The van der Waals surface area contributed by atoms with Crippen molar-refractivity contribution in [3.05, 3.63) is 27.9 Å². The van der Waals surface area contributed by atoms with E-state index in [2.05, 4.69) is 28.3 Å². The van der Waals surface area contributed by atoms with Crippen LogP contribution in [0.2, 0.25) is 0 Å². The summed E-state index contributed by atoms with van der Waals surface area (Å²) in [6, 6.07) is 2.89. The summed E-state index contributed by atoms with van der Waals surface area (Å²) >= 11 is 3.23. The first kappa shape index (κ1) is 13.5. The minimum Gasteiger partial charge on any atom is -0.331 e. The van der Waals surface area contributed by atoms with Crippen molar-refractivity contribution in [1.82, 2.24) is 9.88 Å². The van der Waals surface area contributed by atoms with E-state index in [4.69, 9.17) is 0 Å². The molecule has 3 nitrogen and oxygen atoms in total. The summed E-state index contributed by atoms with van der Waals surface area (Å²) in [6.45, 7) is 2.21. The van der Waals surface area contributed by atoms with Gasteiger partial charge in [0.25, 0.3) is 5.91 Å². The number of carbonyl (C=O) groups is 1. The van der Waals surface area contributed by atoms with Crippen LogP contribution in [0.5, 0.6) is 0 Å². The fourth-order valence-corrected chi connectivity index (χ4v) is 4.37. The van der Waals surface area contributed by atoms with Crippen LogP contribution < -0.4 is 0 Å². The molecule has 5 heteroatoms. The highest BCUT2D eigenvalue weighted by Gasteiger charge is 2.42. The van der Waals surface area contributed by atoms with Crippen LogP contribution in [0.25, 0.3) is 10.6 Å². The van der Waals surface area contributed by atoms with Crippen molar-refractivity contribution in [3.8, 4) is 10.6 Å². The van der Waals surface area contributed by atoms with Gasteiger partial charge in [-0.1, -0.05) is 0 Å². The zero-order chi connectivity index (χ0) is 14.4. The van der Waals surface area contributed by atoms with E-state index in [1.165, 1.54) is 12.8 Å². The van der Waals surface area contributed by atoms with Crippen molar-refractivity contribution in [2.45, 2.75) is 44.7 Å². The Kier molecular flexibility index (Phi) is 3.34. The highest BCUT2D eigenvalue weighted by Crippen LogP contribution is 2.40. The number of nitrogens with zero attached hydrogens (tertiary/aromatic N) is 2. The summed E-state index contributed by atoms with van der Waals surface area (Å²) in [5.74, 6) is 0.846. The van der Waals surface area contributed by atoms with E-state index in [0.717, 1.165) is 23.4 Å². The lowest BCUT2D eigenvalue weighted by atomic mass is 10.1. The summed E-state index contributed by atoms with van der Waals surface area (Å²) in [7, 11) is 0. The van der Waals surface area contributed by atoms with Gasteiger partial charge in [0.05, 0.1) is 0 Å². The van der Waals surface area contributed by atoms with E-state index in [0.29, 0.717) is 23.7 Å². The molecule has 110 valence electrons. The summed E-state index contributed by atoms with van der Waals surface area (Å²) in [4.78, 5) is 19.6. The number of carbonyl (C=O) groups excluding carboxylic acids is 1. The molecule has 1 unspecified atom stereocenters. The Morgan fingerprint density at radius 3 is 2.76 bits per heavy atom. The molecule has 1 atom stereocenters. The topological polar surface area (TPSA) is 33.2 Å². The first-order valence-corrected chi connectivity index (χ1v) is 9.37. The number of rotatable bonds is 5. The largest absolute Gasteiger partial charge is 0.331 e. The fraction of sp³-hybridized carbons (Fsp3) is 0.500. The van der Waals surface area contributed by atoms with Crippen LogP contribution in [0.15, 0.2) is 22.2 Å². The minimum absolute atomic E-state index is 0.134. The van der Waals surface area contributed by atoms with Crippen LogP contribution in [0, 0.1) is 5.92 Å². The third-order valence-corrected chi connectivity index (χ3v) is 5.98. The molecule has 0 spiro atoms. The maximum absolute atomic E-state index is 12.9. The van der Waals surface area contributed by atoms with Gasteiger partial charge in [0.2, 0.25) is 0 Å². The maximum Gasteiger partial charge on any atom is 0.273 e. The molecule has 2 aromatic rings. The quantitative estimate of drug-likeness (QED) is 0.824. The van der Waals surface area contributed by atoms with Crippen molar-refractivity contribution in [3.63, 3.8) is 0 Å². The standard InChI is InChI=1S/C16H18N2OS2/c1-10(11-2-3-11)18(13-4-5-13)16(19)14-9-21-15(17-14)12-6-7-20-8-12/h6-11,13H,2-5H2,1H3. The maximum atomic E-state index is 12.9. The fourth-order valence-electron chi connectivity index (χ4n) is 2.86. The SMILES string of the molecule is CC(C1CC1)N(C(=O)c1csc(-c2ccsc2)n1)C1CC1. The van der Waals surface area contributed by atoms with Crippen LogP contribution in [0.4, 0.5) is 0 Å². The second-order valence-corrected chi connectivity index (χ2v) is 7.71. The van der Waals surface area contributed by atoms with E-state index < -0.39 is 0 Å². The number of thiophene rings is 1. The molecule has 2 aliphatic carbocycles. The molecule has 0 radical (unpaired) electrons. The van der Waals surface area contributed by atoms with E-state index in [-0.39, 0.29) is 5.91 Å². The zero-order valence-corrected chi connectivity index (χ0v) is 13.6. The predicted molar refractivity (Wildman–Crippen MR) is 86.8 cm³/mol. The normalized spacial score (nSPS) is 19.5. The highest BCUT2D eigenvalue weighted by molar-refractivity contribution is 7.14. The number of thiazole rings is 1. The van der Waals surface area contributed by atoms with Crippen LogP contribution in [-0.4, -0.2) is 27.9 Å². The van der Waals surface area contributed by atoms with Gasteiger partial charge in [0.15, 0.2) is 0 Å². The van der Waals surface area contributed by atoms with Crippen molar-refractivity contribution < 1.29 is 4.79 Å². The molecule has 2 fully saturated rings. The van der Waals surface area contributed by atoms with Gasteiger partial charge in [0, 0.05) is 28.4 Å². The molecule has 0 N–H and O–H groups in total. The summed E-state index contributed by atoms with van der Waals surface area (Å²) in [6.07, 6.45) is 4.86. The van der Waals surface area contributed by atoms with Crippen LogP contribution >= 0.6 is 22.7 Å². The third-order valence-electron chi connectivity index (χ3n) is 4.41. The molecule has 21 heavy (non-hydrogen) atoms. The molecule has 1 amide bonds. The van der Waals surface area contributed by atoms with Gasteiger partial charge in [-0.3, -0.25) is 4.79 Å². The minimum atomic E-state index is 0.134. The Labute approximate surface area is 132 Å². The second kappa shape index (κ2) is 5.21. The lowest BCUT2D eigenvalue weighted by Crippen LogP contribution is -2.41. The van der Waals surface area contributed by atoms with Crippen molar-refractivity contribution in [1.29, 1.82) is 0 Å². The molecule has 0 aromatic carbocycles. The van der Waals surface area contributed by atoms with Crippen molar-refractivity contribution >= 4 is 28.6 Å². The summed E-state index contributed by atoms with van der Waals surface area (Å²) in [5, 5.41) is 7.00. The van der Waals surface area contributed by atoms with E-state index in [1.54, 1.807) is 22.7 Å². The first-order chi connectivity index (χ1) is 10.2. The number of aromatic nitrogens is 1. The van der Waals surface area contributed by atoms with Gasteiger partial charge < -0.3 is 4.90 Å². The number of amides is 1. The van der Waals surface area contributed by atoms with Crippen LogP contribution in [-0.2, 0) is 0 Å². The smallest absolute Gasteiger partial charge is 0.273 e. The Morgan fingerprint density at radius 1 is 1.33 bits per heavy atom. The van der Waals surface area contributed by atoms with Crippen molar-refractivity contribution in [2.24, 2.45) is 5.92 Å². The summed E-state index contributed by atoms with van der Waals surface area (Å²) in [5.41, 5.74) is 1.75. The Hall–Kier alpha value is -1.20. The zero-order valence-electron chi connectivity index (χ0n) is 12.0. The Balaban J connectivity index is 1.58. The molecule has 0 bridgehead atoms. The van der Waals surface area contributed by atoms with E-state index in [9.17, 15) is 4.79 Å². The molecule has 0 aliphatic heterocycles. The van der Waals surface area contributed by atoms with Gasteiger partial charge in [-0.2, -0.15) is 11.3 Å². The van der Waals surface area contributed by atoms with E-state index in [1.807, 2.05) is 10.8 Å². The van der Waals surface area contributed by atoms with Gasteiger partial charge in [0.1, 0.15) is 10.7 Å². The first-order valence-electron chi connectivity index (χ1n) is 7.55. The molecular weight excluding hydrogens is 300 g/mol. The highest BCUT2D eigenvalue weighted by atomic mass is 32.1. The lowest BCUT2D eigenvalue weighted by molar-refractivity contribution is 0.0649. The predicted octanol–water partition coefficient (Wildman–Crippen LogP) is 4.27. The van der Waals surface area contributed by atoms with Crippen LogP contribution in [0.1, 0.15) is 43.1 Å². The van der Waals surface area contributed by atoms with Gasteiger partial charge >= 0.3 is 0 Å². The van der Waals surface area contributed by atoms with Gasteiger partial charge in [-0.05, 0) is 50.0 Å².